The molecule has 4 heteroatoms. The second kappa shape index (κ2) is 8.18. The summed E-state index contributed by atoms with van der Waals surface area (Å²) < 4.78 is 0. The molecule has 1 heterocycles. The summed E-state index contributed by atoms with van der Waals surface area (Å²) in [6, 6.07) is 4.66. The van der Waals surface area contributed by atoms with Gasteiger partial charge in [-0.05, 0) is 109 Å². The molecule has 0 aliphatic heterocycles. The highest BCUT2D eigenvalue weighted by atomic mass is 16.2. The molecule has 32 heavy (non-hydrogen) atoms. The topological polar surface area (TPSA) is 54.0 Å². The van der Waals surface area contributed by atoms with Crippen molar-refractivity contribution in [2.75, 3.05) is 6.54 Å². The Balaban J connectivity index is 1.34. The summed E-state index contributed by atoms with van der Waals surface area (Å²) in [5, 5.41) is 6.22. The van der Waals surface area contributed by atoms with Crippen molar-refractivity contribution < 1.29 is 4.79 Å². The van der Waals surface area contributed by atoms with Crippen LogP contribution < -0.4 is 10.6 Å². The number of urea groups is 1. The van der Waals surface area contributed by atoms with Crippen LogP contribution in [0.4, 0.5) is 4.79 Å². The van der Waals surface area contributed by atoms with Gasteiger partial charge in [0.2, 0.25) is 0 Å². The number of nitrogens with one attached hydrogen (secondary N) is 2. The van der Waals surface area contributed by atoms with Gasteiger partial charge < -0.3 is 10.6 Å². The largest absolute Gasteiger partial charge is 0.338 e. The number of carbonyl (C=O) groups is 1. The molecule has 2 amide bonds. The van der Waals surface area contributed by atoms with Crippen LogP contribution >= 0.6 is 0 Å². The van der Waals surface area contributed by atoms with Crippen LogP contribution in [0.2, 0.25) is 0 Å². The molecule has 4 nitrogen and oxygen atoms in total. The maximum atomic E-state index is 12.2. The minimum atomic E-state index is 0.00929. The number of amides is 2. The van der Waals surface area contributed by atoms with Crippen molar-refractivity contribution in [2.45, 2.75) is 78.7 Å². The zero-order valence-corrected chi connectivity index (χ0v) is 20.4. The molecule has 4 aliphatic rings. The molecule has 1 aromatic rings. The molecule has 2 N–H and O–H groups in total. The third-order valence-corrected chi connectivity index (χ3v) is 10.4. The summed E-state index contributed by atoms with van der Waals surface area (Å²) in [6.45, 7) is 10.2. The Kier molecular flexibility index (Phi) is 5.62. The van der Waals surface area contributed by atoms with E-state index in [9.17, 15) is 4.79 Å². The lowest BCUT2D eigenvalue weighted by molar-refractivity contribution is -0.117. The summed E-state index contributed by atoms with van der Waals surface area (Å²) in [5.41, 5.74) is 3.61. The van der Waals surface area contributed by atoms with Gasteiger partial charge in [-0.15, -0.1) is 0 Å². The Labute approximate surface area is 194 Å². The standard InChI is InChI=1S/C28H41N3O/c1-5-30-26(32)31-25-13-15-27(3)21(18(25)2)9-8-20-23-11-10-22(19-7-6-16-29-17-19)28(23,4)14-12-24(20)27/h6-7,10,16-18,20-21,23-25H,5,8-9,11-15H2,1-4H3,(H2,30,31,32)/t18?,20?,21?,23?,24?,25?,27-,28+/m0/s1. The van der Waals surface area contributed by atoms with Crippen molar-refractivity contribution >= 4 is 11.6 Å². The molecular formula is C28H41N3O. The maximum Gasteiger partial charge on any atom is 0.315 e. The first-order valence-corrected chi connectivity index (χ1v) is 13.0. The highest BCUT2D eigenvalue weighted by Crippen LogP contribution is 2.68. The smallest absolute Gasteiger partial charge is 0.315 e. The monoisotopic (exact) mass is 435 g/mol. The van der Waals surface area contributed by atoms with Gasteiger partial charge in [-0.25, -0.2) is 4.79 Å². The molecule has 1 aromatic heterocycles. The molecule has 5 rings (SSSR count). The van der Waals surface area contributed by atoms with E-state index in [2.05, 4.69) is 60.8 Å². The van der Waals surface area contributed by atoms with Crippen molar-refractivity contribution in [3.63, 3.8) is 0 Å². The van der Waals surface area contributed by atoms with E-state index >= 15 is 0 Å². The number of nitrogens with zero attached hydrogens (tertiary/aromatic N) is 1. The van der Waals surface area contributed by atoms with Gasteiger partial charge >= 0.3 is 6.03 Å². The lowest BCUT2D eigenvalue weighted by atomic mass is 9.43. The number of aromatic nitrogens is 1. The van der Waals surface area contributed by atoms with Crippen molar-refractivity contribution in [1.29, 1.82) is 0 Å². The van der Waals surface area contributed by atoms with Gasteiger partial charge in [0.05, 0.1) is 0 Å². The molecular weight excluding hydrogens is 394 g/mol. The molecule has 8 atom stereocenters. The third kappa shape index (κ3) is 3.31. The number of allylic oxidation sites excluding steroid dienone is 2. The van der Waals surface area contributed by atoms with Crippen LogP contribution in [0.25, 0.3) is 5.57 Å². The van der Waals surface area contributed by atoms with Crippen LogP contribution in [0.5, 0.6) is 0 Å². The summed E-state index contributed by atoms with van der Waals surface area (Å²) in [6.07, 6.45) is 15.4. The molecule has 0 saturated heterocycles. The summed E-state index contributed by atoms with van der Waals surface area (Å²) >= 11 is 0. The molecule has 174 valence electrons. The van der Waals surface area contributed by atoms with E-state index in [1.165, 1.54) is 44.1 Å². The fraction of sp³-hybridized carbons (Fsp3) is 0.714. The zero-order valence-electron chi connectivity index (χ0n) is 20.4. The number of hydrogen-bond donors (Lipinski definition) is 2. The summed E-state index contributed by atoms with van der Waals surface area (Å²) in [7, 11) is 0. The molecule has 3 saturated carbocycles. The van der Waals surface area contributed by atoms with E-state index in [0.29, 0.717) is 29.3 Å². The number of pyridine rings is 1. The van der Waals surface area contributed by atoms with Crippen LogP contribution in [0, 0.1) is 40.4 Å². The van der Waals surface area contributed by atoms with E-state index in [0.717, 1.165) is 30.1 Å². The minimum absolute atomic E-state index is 0.00929. The second-order valence-corrected chi connectivity index (χ2v) is 11.6. The Bertz CT molecular complexity index is 882. The third-order valence-electron chi connectivity index (χ3n) is 10.4. The fourth-order valence-corrected chi connectivity index (χ4v) is 8.85. The van der Waals surface area contributed by atoms with Crippen LogP contribution in [0.1, 0.15) is 78.2 Å². The average Bonchev–Trinajstić information content (AvgIpc) is 3.14. The van der Waals surface area contributed by atoms with E-state index < -0.39 is 0 Å². The van der Waals surface area contributed by atoms with Crippen LogP contribution in [-0.4, -0.2) is 23.6 Å². The van der Waals surface area contributed by atoms with Crippen LogP contribution in [0.15, 0.2) is 30.6 Å². The second-order valence-electron chi connectivity index (χ2n) is 11.6. The van der Waals surface area contributed by atoms with Gasteiger partial charge in [0.25, 0.3) is 0 Å². The number of rotatable bonds is 3. The highest BCUT2D eigenvalue weighted by Gasteiger charge is 2.60. The first kappa shape index (κ1) is 22.0. The SMILES string of the molecule is CCNC(=O)NC1CC[C@@]2(C)C(CCC3C2CC[C@]2(C)C(c4cccnc4)=CCC32)C1C. The van der Waals surface area contributed by atoms with E-state index in [-0.39, 0.29) is 6.03 Å². The van der Waals surface area contributed by atoms with Crippen molar-refractivity contribution in [3.8, 4) is 0 Å². The predicted molar refractivity (Wildman–Crippen MR) is 130 cm³/mol. The Morgan fingerprint density at radius 3 is 2.72 bits per heavy atom. The lowest BCUT2D eigenvalue weighted by Gasteiger charge is -2.62. The lowest BCUT2D eigenvalue weighted by Crippen LogP contribution is -2.58. The predicted octanol–water partition coefficient (Wildman–Crippen LogP) is 6.05. The maximum absolute atomic E-state index is 12.2. The van der Waals surface area contributed by atoms with Crippen LogP contribution in [0.3, 0.4) is 0 Å². The number of hydrogen-bond acceptors (Lipinski definition) is 2. The van der Waals surface area contributed by atoms with E-state index in [1.54, 1.807) is 5.57 Å². The van der Waals surface area contributed by atoms with Gasteiger partial charge in [-0.3, -0.25) is 4.98 Å². The normalized spacial score (nSPS) is 42.8. The van der Waals surface area contributed by atoms with Gasteiger partial charge in [-0.2, -0.15) is 0 Å². The molecule has 6 unspecified atom stereocenters. The Morgan fingerprint density at radius 1 is 1.12 bits per heavy atom. The van der Waals surface area contributed by atoms with Gasteiger partial charge in [0.15, 0.2) is 0 Å². The van der Waals surface area contributed by atoms with Gasteiger partial charge in [-0.1, -0.05) is 32.9 Å². The first-order valence-electron chi connectivity index (χ1n) is 13.0. The number of fused-ring (bicyclic) bond motifs is 5. The molecule has 0 bridgehead atoms. The zero-order chi connectivity index (χ0) is 22.5. The average molecular weight is 436 g/mol. The minimum Gasteiger partial charge on any atom is -0.338 e. The number of carbonyl (C=O) groups excluding carboxylic acids is 1. The quantitative estimate of drug-likeness (QED) is 0.607. The molecule has 3 fully saturated rings. The van der Waals surface area contributed by atoms with E-state index in [4.69, 9.17) is 0 Å². The van der Waals surface area contributed by atoms with E-state index in [1.807, 2.05) is 13.1 Å². The Hall–Kier alpha value is -1.84. The van der Waals surface area contributed by atoms with Crippen molar-refractivity contribution in [2.24, 2.45) is 40.4 Å². The van der Waals surface area contributed by atoms with Crippen LogP contribution in [-0.2, 0) is 0 Å². The molecule has 0 spiro atoms. The van der Waals surface area contributed by atoms with Crippen molar-refractivity contribution in [1.82, 2.24) is 15.6 Å². The molecule has 0 aromatic carbocycles. The fourth-order valence-electron chi connectivity index (χ4n) is 8.85. The summed E-state index contributed by atoms with van der Waals surface area (Å²) in [4.78, 5) is 16.6. The highest BCUT2D eigenvalue weighted by molar-refractivity contribution is 5.74. The molecule has 4 aliphatic carbocycles. The first-order chi connectivity index (χ1) is 15.4. The van der Waals surface area contributed by atoms with Gasteiger partial charge in [0, 0.05) is 25.0 Å². The Morgan fingerprint density at radius 2 is 1.97 bits per heavy atom. The molecule has 0 radical (unpaired) electrons. The van der Waals surface area contributed by atoms with Gasteiger partial charge in [0.1, 0.15) is 0 Å². The van der Waals surface area contributed by atoms with Crippen molar-refractivity contribution in [3.05, 3.63) is 36.2 Å². The summed E-state index contributed by atoms with van der Waals surface area (Å²) in [5.74, 6) is 3.71.